The standard InChI is InChI=1S/C12H10O.C5H5.3C4H9.Fe.Sn/c13-12(11-8-4-5-9-11)10-6-2-1-3-7-10;1-2-4-5-3-1;3*1-3-4-2;;/h1-8,12-13H;1-5H;3*1,3-4H2,2H3;;/q-1;;;;;;+1. The van der Waals surface area contributed by atoms with Gasteiger partial charge in [0.05, 0.1) is 6.10 Å². The first kappa shape index (κ1) is 32.5. The zero-order chi connectivity index (χ0) is 22.6. The number of benzene rings is 1. The largest absolute Gasteiger partial charge is 0.468 e. The number of unbranched alkanes of at least 4 members (excludes halogenated alkanes) is 3. The fourth-order valence-corrected chi connectivity index (χ4v) is 12.8. The van der Waals surface area contributed by atoms with E-state index in [4.69, 9.17) is 0 Å². The molecule has 2 fully saturated rings. The second-order valence-electron chi connectivity index (χ2n) is 7.96. The summed E-state index contributed by atoms with van der Waals surface area (Å²) in [5.41, 5.74) is 0.907. The van der Waals surface area contributed by atoms with Crippen molar-refractivity contribution in [3.8, 4) is 0 Å². The first-order valence-corrected chi connectivity index (χ1v) is 18.1. The fourth-order valence-electron chi connectivity index (χ4n) is 3.31. The minimum atomic E-state index is -0.839. The van der Waals surface area contributed by atoms with Crippen molar-refractivity contribution in [3.63, 3.8) is 0 Å². The van der Waals surface area contributed by atoms with E-state index in [2.05, 4.69) is 27.2 Å². The molecular formula is C29H42FeOSn. The molecule has 0 aliphatic heterocycles. The molecule has 2 aliphatic carbocycles. The summed E-state index contributed by atoms with van der Waals surface area (Å²) in [6.07, 6.45) is 26.8. The molecule has 3 heteroatoms. The molecule has 0 spiro atoms. The Morgan fingerprint density at radius 1 is 0.750 bits per heavy atom. The van der Waals surface area contributed by atoms with Crippen molar-refractivity contribution >= 4 is 19.8 Å². The molecule has 0 amide bonds. The third-order valence-corrected chi connectivity index (χ3v) is 14.3. The van der Waals surface area contributed by atoms with E-state index in [1.165, 1.54) is 38.5 Å². The summed E-state index contributed by atoms with van der Waals surface area (Å²) in [4.78, 5) is 0. The van der Waals surface area contributed by atoms with Crippen molar-refractivity contribution in [2.45, 2.75) is 78.7 Å². The SMILES string of the molecule is CCC[CH2][Sn+]([CH2]CCC)[CH2]CCC.OC([C]1[C-][CH][CH][CH]1)c1ccccc1.[CH]1[CH][CH][CH][CH]1.[Fe]. The first-order valence-electron chi connectivity index (χ1n) is 12.1. The third-order valence-electron chi connectivity index (χ3n) is 5.24. The number of aliphatic hydroxyl groups excluding tert-OH is 1. The van der Waals surface area contributed by atoms with Crippen LogP contribution in [0.15, 0.2) is 30.3 Å². The van der Waals surface area contributed by atoms with Crippen LogP contribution in [0.4, 0.5) is 0 Å². The van der Waals surface area contributed by atoms with E-state index in [0.29, 0.717) is 0 Å². The van der Waals surface area contributed by atoms with Gasteiger partial charge in [-0.2, -0.15) is 5.92 Å². The minimum absolute atomic E-state index is 0. The van der Waals surface area contributed by atoms with E-state index in [0.717, 1.165) is 11.5 Å². The molecule has 32 heavy (non-hydrogen) atoms. The summed E-state index contributed by atoms with van der Waals surface area (Å²) >= 11 is -0.839. The Morgan fingerprint density at radius 2 is 1.22 bits per heavy atom. The van der Waals surface area contributed by atoms with Crippen LogP contribution < -0.4 is 0 Å². The number of aliphatic hydroxyl groups is 1. The molecule has 1 aromatic carbocycles. The predicted molar refractivity (Wildman–Crippen MR) is 137 cm³/mol. The van der Waals surface area contributed by atoms with Gasteiger partial charge in [0.2, 0.25) is 0 Å². The van der Waals surface area contributed by atoms with Crippen LogP contribution in [0.25, 0.3) is 0 Å². The molecule has 1 unspecified atom stereocenters. The second-order valence-corrected chi connectivity index (χ2v) is 16.5. The topological polar surface area (TPSA) is 20.2 Å². The summed E-state index contributed by atoms with van der Waals surface area (Å²) in [5.74, 6) is 0.825. The van der Waals surface area contributed by atoms with E-state index < -0.39 is 25.9 Å². The second kappa shape index (κ2) is 23.2. The predicted octanol–water partition coefficient (Wildman–Crippen LogP) is 7.90. The average Bonchev–Trinajstić information content (AvgIpc) is 3.56. The van der Waals surface area contributed by atoms with Crippen molar-refractivity contribution in [3.05, 3.63) is 99.6 Å². The Balaban J connectivity index is 0.000000482. The molecule has 2 saturated carbocycles. The minimum Gasteiger partial charge on any atom is -0.468 e. The average molecular weight is 581 g/mol. The van der Waals surface area contributed by atoms with Crippen LogP contribution in [0.2, 0.25) is 13.3 Å². The Bertz CT molecular complexity index is 459. The summed E-state index contributed by atoms with van der Waals surface area (Å²) < 4.78 is 5.04. The molecule has 0 saturated heterocycles. The summed E-state index contributed by atoms with van der Waals surface area (Å²) in [5, 5.41) is 9.85. The maximum atomic E-state index is 9.85. The Morgan fingerprint density at radius 3 is 1.59 bits per heavy atom. The zero-order valence-electron chi connectivity index (χ0n) is 20.2. The van der Waals surface area contributed by atoms with Gasteiger partial charge in [0.1, 0.15) is 0 Å². The van der Waals surface area contributed by atoms with Crippen LogP contribution in [0.1, 0.15) is 71.0 Å². The summed E-state index contributed by atoms with van der Waals surface area (Å²) in [6.45, 7) is 7.00. The van der Waals surface area contributed by atoms with Crippen LogP contribution in [0, 0.1) is 63.7 Å². The van der Waals surface area contributed by atoms with Crippen molar-refractivity contribution in [1.82, 2.24) is 0 Å². The quantitative estimate of drug-likeness (QED) is 0.208. The van der Waals surface area contributed by atoms with E-state index in [1.54, 1.807) is 13.3 Å². The van der Waals surface area contributed by atoms with Crippen molar-refractivity contribution < 1.29 is 22.2 Å². The molecule has 0 heterocycles. The van der Waals surface area contributed by atoms with Gasteiger partial charge >= 0.3 is 92.4 Å². The van der Waals surface area contributed by atoms with Gasteiger partial charge in [-0.15, -0.1) is 0 Å². The maximum absolute atomic E-state index is 9.85. The molecular weight excluding hydrogens is 539 g/mol. The molecule has 2 aliphatic rings. The molecule has 1 N–H and O–H groups in total. The Hall–Kier alpha value is 0.498. The molecule has 176 valence electrons. The van der Waals surface area contributed by atoms with Gasteiger partial charge in [-0.1, -0.05) is 43.2 Å². The van der Waals surface area contributed by atoms with Crippen molar-refractivity contribution in [2.24, 2.45) is 0 Å². The van der Waals surface area contributed by atoms with E-state index in [-0.39, 0.29) is 17.1 Å². The smallest absolute Gasteiger partial charge is 0.0542 e. The summed E-state index contributed by atoms with van der Waals surface area (Å²) in [7, 11) is 0. The van der Waals surface area contributed by atoms with Gasteiger partial charge in [0.25, 0.3) is 0 Å². The van der Waals surface area contributed by atoms with Crippen molar-refractivity contribution in [1.29, 1.82) is 0 Å². The number of hydrogen-bond donors (Lipinski definition) is 1. The molecule has 1 nitrogen and oxygen atoms in total. The normalized spacial score (nSPS) is 16.2. The van der Waals surface area contributed by atoms with Gasteiger partial charge in [0.15, 0.2) is 0 Å². The van der Waals surface area contributed by atoms with Crippen LogP contribution in [-0.4, -0.2) is 24.9 Å². The van der Waals surface area contributed by atoms with Gasteiger partial charge in [-0.05, 0) is 37.7 Å². The number of rotatable bonds is 11. The molecule has 1 aromatic rings. The van der Waals surface area contributed by atoms with Gasteiger partial charge in [-0.3, -0.25) is 0 Å². The molecule has 0 bridgehead atoms. The third kappa shape index (κ3) is 16.2. The molecule has 0 aromatic heterocycles. The first-order chi connectivity index (χ1) is 15.2. The van der Waals surface area contributed by atoms with Crippen LogP contribution >= 0.6 is 0 Å². The van der Waals surface area contributed by atoms with Gasteiger partial charge in [0, 0.05) is 17.1 Å². The Labute approximate surface area is 219 Å². The van der Waals surface area contributed by atoms with Crippen LogP contribution in [0.5, 0.6) is 0 Å². The van der Waals surface area contributed by atoms with Crippen molar-refractivity contribution in [2.75, 3.05) is 0 Å². The van der Waals surface area contributed by atoms with E-state index in [9.17, 15) is 5.11 Å². The van der Waals surface area contributed by atoms with Gasteiger partial charge in [-0.25, -0.2) is 6.42 Å². The maximum Gasteiger partial charge on any atom is 0.0542 e. The Kier molecular flexibility index (Phi) is 23.6. The van der Waals surface area contributed by atoms with E-state index >= 15 is 0 Å². The summed E-state index contributed by atoms with van der Waals surface area (Å²) in [6, 6.07) is 9.59. The monoisotopic (exact) mass is 582 g/mol. The number of hydrogen-bond acceptors (Lipinski definition) is 1. The van der Waals surface area contributed by atoms with Crippen LogP contribution in [-0.2, 0) is 17.1 Å². The molecule has 10 radical (unpaired) electrons. The van der Waals surface area contributed by atoms with E-state index in [1.807, 2.05) is 81.7 Å². The van der Waals surface area contributed by atoms with Crippen LogP contribution in [0.3, 0.4) is 0 Å². The molecule has 1 atom stereocenters. The zero-order valence-corrected chi connectivity index (χ0v) is 24.2. The molecule has 3 rings (SSSR count). The fraction of sp³-hybridized carbons (Fsp3) is 0.448. The van der Waals surface area contributed by atoms with Gasteiger partial charge < -0.3 is 11.5 Å².